The Morgan fingerprint density at radius 2 is 1.95 bits per heavy atom. The van der Waals surface area contributed by atoms with Crippen molar-refractivity contribution in [2.24, 2.45) is 0 Å². The topological polar surface area (TPSA) is 84.2 Å². The largest absolute Gasteiger partial charge is 0.480 e. The molecule has 0 aliphatic rings. The fourth-order valence-electron chi connectivity index (χ4n) is 1.79. The number of amides is 1. The zero-order valence-electron chi connectivity index (χ0n) is 12.2. The molecule has 7 heteroatoms. The highest BCUT2D eigenvalue weighted by Crippen LogP contribution is 2.12. The lowest BCUT2D eigenvalue weighted by molar-refractivity contribution is -0.143. The average molecular weight is 305 g/mol. The second kappa shape index (κ2) is 5.97. The van der Waals surface area contributed by atoms with E-state index >= 15 is 0 Å². The lowest BCUT2D eigenvalue weighted by atomic mass is 9.99. The summed E-state index contributed by atoms with van der Waals surface area (Å²) in [5.74, 6) is -2.05. The van der Waals surface area contributed by atoms with E-state index in [0.29, 0.717) is 5.69 Å². The molecule has 1 amide bonds. The maximum Gasteiger partial charge on any atom is 0.329 e. The molecule has 0 radical (unpaired) electrons. The molecule has 1 unspecified atom stereocenters. The number of nitrogens with one attached hydrogen (secondary N) is 1. The molecule has 0 aliphatic heterocycles. The van der Waals surface area contributed by atoms with Crippen LogP contribution in [0.3, 0.4) is 0 Å². The summed E-state index contributed by atoms with van der Waals surface area (Å²) in [5.41, 5.74) is -0.668. The Kier molecular flexibility index (Phi) is 4.25. The Morgan fingerprint density at radius 1 is 1.32 bits per heavy atom. The van der Waals surface area contributed by atoms with Gasteiger partial charge in [0.1, 0.15) is 11.4 Å². The number of aromatic nitrogens is 2. The van der Waals surface area contributed by atoms with Crippen LogP contribution in [0.15, 0.2) is 36.5 Å². The summed E-state index contributed by atoms with van der Waals surface area (Å²) in [7, 11) is 0. The molecule has 6 nitrogen and oxygen atoms in total. The van der Waals surface area contributed by atoms with E-state index in [-0.39, 0.29) is 17.9 Å². The van der Waals surface area contributed by atoms with Crippen molar-refractivity contribution in [3.05, 3.63) is 48.0 Å². The van der Waals surface area contributed by atoms with Crippen LogP contribution in [0.25, 0.3) is 5.69 Å². The fraction of sp³-hybridized carbons (Fsp3) is 0.267. The van der Waals surface area contributed by atoms with Crippen molar-refractivity contribution in [3.63, 3.8) is 0 Å². The molecule has 1 aromatic heterocycles. The van der Waals surface area contributed by atoms with Gasteiger partial charge >= 0.3 is 5.97 Å². The van der Waals surface area contributed by atoms with Crippen LogP contribution in [0, 0.1) is 5.82 Å². The van der Waals surface area contributed by atoms with Gasteiger partial charge in [0.2, 0.25) is 0 Å². The van der Waals surface area contributed by atoms with Gasteiger partial charge in [-0.2, -0.15) is 5.10 Å². The van der Waals surface area contributed by atoms with E-state index in [1.807, 2.05) is 0 Å². The maximum absolute atomic E-state index is 12.9. The van der Waals surface area contributed by atoms with Gasteiger partial charge in [-0.15, -0.1) is 0 Å². The summed E-state index contributed by atoms with van der Waals surface area (Å²) in [6.07, 6.45) is 1.79. The van der Waals surface area contributed by atoms with E-state index in [2.05, 4.69) is 10.4 Å². The van der Waals surface area contributed by atoms with E-state index < -0.39 is 17.4 Å². The van der Waals surface area contributed by atoms with Crippen molar-refractivity contribution in [1.82, 2.24) is 15.1 Å². The Morgan fingerprint density at radius 3 is 2.50 bits per heavy atom. The smallest absolute Gasteiger partial charge is 0.329 e. The second-order valence-corrected chi connectivity index (χ2v) is 5.07. The number of halogens is 1. The first kappa shape index (κ1) is 15.7. The van der Waals surface area contributed by atoms with Crippen LogP contribution >= 0.6 is 0 Å². The number of hydrogen-bond donors (Lipinski definition) is 2. The molecule has 1 atom stereocenters. The predicted octanol–water partition coefficient (Wildman–Crippen LogP) is 1.99. The van der Waals surface area contributed by atoms with Crippen LogP contribution in [0.5, 0.6) is 0 Å². The molecule has 0 fully saturated rings. The van der Waals surface area contributed by atoms with Crippen molar-refractivity contribution in [3.8, 4) is 5.69 Å². The van der Waals surface area contributed by atoms with E-state index in [1.165, 1.54) is 41.9 Å². The summed E-state index contributed by atoms with van der Waals surface area (Å²) in [5, 5.41) is 15.7. The molecular weight excluding hydrogens is 289 g/mol. The van der Waals surface area contributed by atoms with Gasteiger partial charge in [0.25, 0.3) is 5.91 Å². The van der Waals surface area contributed by atoms with Gasteiger partial charge < -0.3 is 10.4 Å². The van der Waals surface area contributed by atoms with Gasteiger partial charge in [0, 0.05) is 6.20 Å². The van der Waals surface area contributed by atoms with Gasteiger partial charge in [0.15, 0.2) is 5.69 Å². The van der Waals surface area contributed by atoms with Crippen molar-refractivity contribution >= 4 is 11.9 Å². The van der Waals surface area contributed by atoms with Crippen LogP contribution in [-0.2, 0) is 4.79 Å². The van der Waals surface area contributed by atoms with E-state index in [9.17, 15) is 14.0 Å². The number of benzene rings is 1. The van der Waals surface area contributed by atoms with Crippen LogP contribution < -0.4 is 5.32 Å². The standard InChI is InChI=1S/C15H16FN3O3/c1-3-15(2,14(21)22)17-13(20)12-8-9-19(18-12)11-6-4-10(16)5-7-11/h4-9H,3H2,1-2H3,(H,17,20)(H,21,22). The minimum atomic E-state index is -1.35. The van der Waals surface area contributed by atoms with Crippen molar-refractivity contribution in [2.45, 2.75) is 25.8 Å². The van der Waals surface area contributed by atoms with Crippen LogP contribution in [0.4, 0.5) is 4.39 Å². The molecule has 0 saturated carbocycles. The van der Waals surface area contributed by atoms with E-state index in [4.69, 9.17) is 5.11 Å². The summed E-state index contributed by atoms with van der Waals surface area (Å²) < 4.78 is 14.3. The van der Waals surface area contributed by atoms with E-state index in [0.717, 1.165) is 0 Å². The minimum Gasteiger partial charge on any atom is -0.480 e. The van der Waals surface area contributed by atoms with Crippen molar-refractivity contribution in [2.75, 3.05) is 0 Å². The molecule has 1 heterocycles. The molecule has 1 aromatic carbocycles. The van der Waals surface area contributed by atoms with Gasteiger partial charge in [-0.3, -0.25) is 4.79 Å². The Labute approximate surface area is 126 Å². The Bertz CT molecular complexity index is 696. The molecule has 2 aromatic rings. The number of hydrogen-bond acceptors (Lipinski definition) is 3. The monoisotopic (exact) mass is 305 g/mol. The Hall–Kier alpha value is -2.70. The highest BCUT2D eigenvalue weighted by Gasteiger charge is 2.33. The zero-order chi connectivity index (χ0) is 16.3. The lowest BCUT2D eigenvalue weighted by Gasteiger charge is -2.23. The number of carboxylic acid groups (broad SMARTS) is 1. The molecule has 0 saturated heterocycles. The maximum atomic E-state index is 12.9. The number of nitrogens with zero attached hydrogens (tertiary/aromatic N) is 2. The highest BCUT2D eigenvalue weighted by molar-refractivity contribution is 5.96. The fourth-order valence-corrected chi connectivity index (χ4v) is 1.79. The Balaban J connectivity index is 2.19. The molecule has 22 heavy (non-hydrogen) atoms. The summed E-state index contributed by atoms with van der Waals surface area (Å²) >= 11 is 0. The first-order valence-electron chi connectivity index (χ1n) is 6.73. The lowest BCUT2D eigenvalue weighted by Crippen LogP contribution is -2.51. The van der Waals surface area contributed by atoms with Crippen molar-refractivity contribution in [1.29, 1.82) is 0 Å². The first-order valence-corrected chi connectivity index (χ1v) is 6.73. The number of carbonyl (C=O) groups is 2. The van der Waals surface area contributed by atoms with Gasteiger partial charge in [0.05, 0.1) is 5.69 Å². The quantitative estimate of drug-likeness (QED) is 0.885. The van der Waals surface area contributed by atoms with Gasteiger partial charge in [-0.25, -0.2) is 13.9 Å². The van der Waals surface area contributed by atoms with Crippen LogP contribution in [-0.4, -0.2) is 32.3 Å². The summed E-state index contributed by atoms with van der Waals surface area (Å²) in [6, 6.07) is 7.09. The number of rotatable bonds is 5. The predicted molar refractivity (Wildman–Crippen MR) is 77.3 cm³/mol. The van der Waals surface area contributed by atoms with Gasteiger partial charge in [-0.05, 0) is 43.7 Å². The molecule has 2 rings (SSSR count). The average Bonchev–Trinajstić information content (AvgIpc) is 2.97. The molecule has 2 N–H and O–H groups in total. The molecule has 116 valence electrons. The van der Waals surface area contributed by atoms with Gasteiger partial charge in [-0.1, -0.05) is 6.92 Å². The normalized spacial score (nSPS) is 13.4. The first-order chi connectivity index (χ1) is 10.4. The molecule has 0 aliphatic carbocycles. The number of carbonyl (C=O) groups excluding carboxylic acids is 1. The third-order valence-electron chi connectivity index (χ3n) is 3.48. The highest BCUT2D eigenvalue weighted by atomic mass is 19.1. The van der Waals surface area contributed by atoms with E-state index in [1.54, 1.807) is 13.1 Å². The number of carboxylic acids is 1. The van der Waals surface area contributed by atoms with Crippen molar-refractivity contribution < 1.29 is 19.1 Å². The van der Waals surface area contributed by atoms with Crippen LogP contribution in [0.1, 0.15) is 30.8 Å². The minimum absolute atomic E-state index is 0.0882. The number of aliphatic carboxylic acids is 1. The summed E-state index contributed by atoms with van der Waals surface area (Å²) in [6.45, 7) is 3.11. The molecule has 0 bridgehead atoms. The third kappa shape index (κ3) is 3.13. The molecular formula is C15H16FN3O3. The molecule has 0 spiro atoms. The van der Waals surface area contributed by atoms with Crippen LogP contribution in [0.2, 0.25) is 0 Å². The second-order valence-electron chi connectivity index (χ2n) is 5.07. The summed E-state index contributed by atoms with van der Waals surface area (Å²) in [4.78, 5) is 23.3. The third-order valence-corrected chi connectivity index (χ3v) is 3.48. The SMILES string of the molecule is CCC(C)(NC(=O)c1ccn(-c2ccc(F)cc2)n1)C(=O)O. The zero-order valence-corrected chi connectivity index (χ0v) is 12.2.